The summed E-state index contributed by atoms with van der Waals surface area (Å²) in [5, 5.41) is 11.0. The van der Waals surface area contributed by atoms with E-state index in [2.05, 4.69) is 4.98 Å². The van der Waals surface area contributed by atoms with E-state index in [0.29, 0.717) is 6.54 Å². The predicted octanol–water partition coefficient (Wildman–Crippen LogP) is 2.08. The van der Waals surface area contributed by atoms with E-state index in [1.165, 1.54) is 0 Å². The number of phenols is 1. The molecule has 0 atom stereocenters. The Kier molecular flexibility index (Phi) is 2.64. The summed E-state index contributed by atoms with van der Waals surface area (Å²) in [4.78, 5) is 4.54. The molecule has 0 aliphatic heterocycles. The van der Waals surface area contributed by atoms with Gasteiger partial charge in [0.2, 0.25) is 0 Å². The van der Waals surface area contributed by atoms with Crippen LogP contribution in [-0.2, 0) is 6.42 Å². The second-order valence-corrected chi connectivity index (χ2v) is 4.40. The average Bonchev–Trinajstić information content (AvgIpc) is 2.79. The summed E-state index contributed by atoms with van der Waals surface area (Å²) in [5.74, 6) is 0.279. The van der Waals surface area contributed by atoms with E-state index >= 15 is 0 Å². The maximum Gasteiger partial charge on any atom is 0.140 e. The molecule has 2 heterocycles. The molecule has 0 aliphatic rings. The van der Waals surface area contributed by atoms with Gasteiger partial charge in [0, 0.05) is 11.6 Å². The molecule has 4 nitrogen and oxygen atoms in total. The molecular formula is C14H15N3O. The van der Waals surface area contributed by atoms with E-state index in [-0.39, 0.29) is 5.75 Å². The number of pyridine rings is 1. The summed E-state index contributed by atoms with van der Waals surface area (Å²) in [5.41, 5.74) is 8.19. The third kappa shape index (κ3) is 1.71. The van der Waals surface area contributed by atoms with E-state index in [4.69, 9.17) is 5.73 Å². The molecule has 0 amide bonds. The maximum absolute atomic E-state index is 9.99. The number of imidazole rings is 1. The van der Waals surface area contributed by atoms with Crippen LogP contribution in [0.1, 0.15) is 12.1 Å². The first-order chi connectivity index (χ1) is 8.79. The fourth-order valence-corrected chi connectivity index (χ4v) is 2.26. The van der Waals surface area contributed by atoms with Crippen molar-refractivity contribution < 1.29 is 5.11 Å². The third-order valence-electron chi connectivity index (χ3n) is 3.12. The van der Waals surface area contributed by atoms with Crippen molar-refractivity contribution in [2.75, 3.05) is 6.54 Å². The normalized spacial score (nSPS) is 11.4. The van der Waals surface area contributed by atoms with Crippen LogP contribution in [0.5, 0.6) is 5.75 Å². The van der Waals surface area contributed by atoms with Gasteiger partial charge in [0.15, 0.2) is 0 Å². The molecule has 1 aromatic carbocycles. The highest BCUT2D eigenvalue weighted by Gasteiger charge is 2.07. The monoisotopic (exact) mass is 241 g/mol. The van der Waals surface area contributed by atoms with Crippen LogP contribution < -0.4 is 5.73 Å². The lowest BCUT2D eigenvalue weighted by Gasteiger charge is -2.03. The van der Waals surface area contributed by atoms with Gasteiger partial charge in [-0.2, -0.15) is 0 Å². The number of phenolic OH excluding ortho intramolecular Hbond substituents is 1. The van der Waals surface area contributed by atoms with Crippen LogP contribution in [0.15, 0.2) is 36.5 Å². The van der Waals surface area contributed by atoms with E-state index in [9.17, 15) is 5.11 Å². The van der Waals surface area contributed by atoms with Crippen molar-refractivity contribution in [3.8, 4) is 5.75 Å². The molecule has 3 aromatic rings. The fraction of sp³-hybridized carbons (Fsp3) is 0.214. The Morgan fingerprint density at radius 1 is 1.22 bits per heavy atom. The standard InChI is InChI=1S/C14H15N3O/c15-8-2-4-11-9-17-13(16-11)7-6-10-3-1-5-12(18)14(10)17/h1,3,5-7,9,18H,2,4,8,15H2. The molecule has 18 heavy (non-hydrogen) atoms. The minimum Gasteiger partial charge on any atom is -0.506 e. The van der Waals surface area contributed by atoms with E-state index in [1.54, 1.807) is 6.07 Å². The molecule has 2 aromatic heterocycles. The molecule has 0 bridgehead atoms. The summed E-state index contributed by atoms with van der Waals surface area (Å²) in [6, 6.07) is 9.46. The third-order valence-corrected chi connectivity index (χ3v) is 3.12. The molecule has 0 spiro atoms. The number of fused-ring (bicyclic) bond motifs is 3. The highest BCUT2D eigenvalue weighted by molar-refractivity contribution is 5.87. The lowest BCUT2D eigenvalue weighted by atomic mass is 10.2. The van der Waals surface area contributed by atoms with Gasteiger partial charge < -0.3 is 10.8 Å². The fourth-order valence-electron chi connectivity index (χ4n) is 2.26. The minimum atomic E-state index is 0.279. The molecule has 92 valence electrons. The summed E-state index contributed by atoms with van der Waals surface area (Å²) >= 11 is 0. The minimum absolute atomic E-state index is 0.279. The van der Waals surface area contributed by atoms with Crippen molar-refractivity contribution in [1.29, 1.82) is 0 Å². The van der Waals surface area contributed by atoms with Crippen LogP contribution in [-0.4, -0.2) is 21.0 Å². The van der Waals surface area contributed by atoms with Gasteiger partial charge in [-0.3, -0.25) is 4.40 Å². The second-order valence-electron chi connectivity index (χ2n) is 4.40. The van der Waals surface area contributed by atoms with Crippen molar-refractivity contribution >= 4 is 16.6 Å². The SMILES string of the molecule is NCCCc1cn2c(ccc3cccc(O)c32)n1. The van der Waals surface area contributed by atoms with Crippen molar-refractivity contribution in [1.82, 2.24) is 9.38 Å². The van der Waals surface area contributed by atoms with Gasteiger partial charge in [0.25, 0.3) is 0 Å². The maximum atomic E-state index is 9.99. The molecule has 0 saturated heterocycles. The zero-order valence-electron chi connectivity index (χ0n) is 10.0. The summed E-state index contributed by atoms with van der Waals surface area (Å²) in [6.07, 6.45) is 3.77. The number of aromatic nitrogens is 2. The van der Waals surface area contributed by atoms with Crippen LogP contribution in [0.4, 0.5) is 0 Å². The number of nitrogens with zero attached hydrogens (tertiary/aromatic N) is 2. The van der Waals surface area contributed by atoms with E-state index in [0.717, 1.165) is 35.1 Å². The van der Waals surface area contributed by atoms with Crippen molar-refractivity contribution in [2.24, 2.45) is 5.73 Å². The van der Waals surface area contributed by atoms with Gasteiger partial charge in [-0.25, -0.2) is 4.98 Å². The van der Waals surface area contributed by atoms with Crippen molar-refractivity contribution in [3.63, 3.8) is 0 Å². The number of hydrogen-bond acceptors (Lipinski definition) is 3. The largest absolute Gasteiger partial charge is 0.506 e. The van der Waals surface area contributed by atoms with E-state index in [1.807, 2.05) is 34.9 Å². The summed E-state index contributed by atoms with van der Waals surface area (Å²) in [7, 11) is 0. The number of rotatable bonds is 3. The Labute approximate surface area is 105 Å². The smallest absolute Gasteiger partial charge is 0.140 e. The zero-order chi connectivity index (χ0) is 12.5. The lowest BCUT2D eigenvalue weighted by molar-refractivity contribution is 0.480. The molecule has 0 radical (unpaired) electrons. The molecule has 0 aliphatic carbocycles. The highest BCUT2D eigenvalue weighted by Crippen LogP contribution is 2.25. The zero-order valence-corrected chi connectivity index (χ0v) is 10.0. The lowest BCUT2D eigenvalue weighted by Crippen LogP contribution is -2.00. The molecule has 0 fully saturated rings. The predicted molar refractivity (Wildman–Crippen MR) is 71.7 cm³/mol. The average molecular weight is 241 g/mol. The Morgan fingerprint density at radius 3 is 2.94 bits per heavy atom. The number of aryl methyl sites for hydroxylation is 1. The van der Waals surface area contributed by atoms with Crippen LogP contribution in [0, 0.1) is 0 Å². The number of para-hydroxylation sites is 1. The first-order valence-corrected chi connectivity index (χ1v) is 6.08. The highest BCUT2D eigenvalue weighted by atomic mass is 16.3. The Bertz CT molecular complexity index is 703. The van der Waals surface area contributed by atoms with Gasteiger partial charge in [-0.05, 0) is 37.6 Å². The first-order valence-electron chi connectivity index (χ1n) is 6.08. The molecular weight excluding hydrogens is 226 g/mol. The number of hydrogen-bond donors (Lipinski definition) is 2. The van der Waals surface area contributed by atoms with Crippen LogP contribution in [0.2, 0.25) is 0 Å². The first kappa shape index (κ1) is 11.0. The van der Waals surface area contributed by atoms with Gasteiger partial charge in [-0.1, -0.05) is 12.1 Å². The van der Waals surface area contributed by atoms with Gasteiger partial charge in [0.1, 0.15) is 11.4 Å². The van der Waals surface area contributed by atoms with Gasteiger partial charge >= 0.3 is 0 Å². The number of aromatic hydroxyl groups is 1. The molecule has 3 rings (SSSR count). The van der Waals surface area contributed by atoms with Crippen molar-refractivity contribution in [2.45, 2.75) is 12.8 Å². The number of benzene rings is 1. The Morgan fingerprint density at radius 2 is 2.11 bits per heavy atom. The summed E-state index contributed by atoms with van der Waals surface area (Å²) < 4.78 is 1.94. The van der Waals surface area contributed by atoms with Crippen LogP contribution >= 0.6 is 0 Å². The van der Waals surface area contributed by atoms with Crippen molar-refractivity contribution in [3.05, 3.63) is 42.2 Å². The molecule has 4 heteroatoms. The van der Waals surface area contributed by atoms with E-state index < -0.39 is 0 Å². The van der Waals surface area contributed by atoms with Crippen LogP contribution in [0.25, 0.3) is 16.6 Å². The Hall–Kier alpha value is -2.07. The van der Waals surface area contributed by atoms with Gasteiger partial charge in [-0.15, -0.1) is 0 Å². The topological polar surface area (TPSA) is 63.5 Å². The Balaban J connectivity index is 2.23. The number of nitrogens with two attached hydrogens (primary N) is 1. The second kappa shape index (κ2) is 4.31. The molecule has 0 unspecified atom stereocenters. The molecule has 3 N–H and O–H groups in total. The van der Waals surface area contributed by atoms with Crippen LogP contribution in [0.3, 0.4) is 0 Å². The quantitative estimate of drug-likeness (QED) is 0.738. The van der Waals surface area contributed by atoms with Gasteiger partial charge in [0.05, 0.1) is 11.2 Å². The summed E-state index contributed by atoms with van der Waals surface area (Å²) in [6.45, 7) is 0.667. The molecule has 0 saturated carbocycles.